The van der Waals surface area contributed by atoms with Crippen molar-refractivity contribution in [3.8, 4) is 11.5 Å². The molecule has 0 fully saturated rings. The van der Waals surface area contributed by atoms with Crippen molar-refractivity contribution in [3.63, 3.8) is 0 Å². The lowest BCUT2D eigenvalue weighted by molar-refractivity contribution is 0.354. The van der Waals surface area contributed by atoms with E-state index in [2.05, 4.69) is 29.1 Å². The molecular formula is C16H22N4O2S. The van der Waals surface area contributed by atoms with Gasteiger partial charge in [0.1, 0.15) is 0 Å². The van der Waals surface area contributed by atoms with E-state index in [0.717, 1.165) is 24.2 Å². The fourth-order valence-electron chi connectivity index (χ4n) is 2.47. The molecule has 0 saturated carbocycles. The first-order chi connectivity index (χ1) is 11.2. The molecule has 6 nitrogen and oxygen atoms in total. The first-order valence-corrected chi connectivity index (χ1v) is 7.99. The number of nitrogens with one attached hydrogen (secondary N) is 1. The Hall–Kier alpha value is -2.15. The van der Waals surface area contributed by atoms with E-state index >= 15 is 0 Å². The van der Waals surface area contributed by atoms with Gasteiger partial charge in [0.2, 0.25) is 4.77 Å². The summed E-state index contributed by atoms with van der Waals surface area (Å²) < 4.78 is 12.9. The Morgan fingerprint density at radius 3 is 2.65 bits per heavy atom. The van der Waals surface area contributed by atoms with Crippen molar-refractivity contribution in [1.29, 1.82) is 0 Å². The van der Waals surface area contributed by atoms with Crippen LogP contribution < -0.4 is 9.47 Å². The number of hydrogen-bond donors (Lipinski definition) is 1. The van der Waals surface area contributed by atoms with E-state index in [1.807, 2.05) is 18.2 Å². The summed E-state index contributed by atoms with van der Waals surface area (Å²) in [5.74, 6) is 2.45. The molecule has 0 aliphatic heterocycles. The zero-order valence-electron chi connectivity index (χ0n) is 13.9. The number of nitrogens with zero attached hydrogens (tertiary/aromatic N) is 3. The monoisotopic (exact) mass is 334 g/mol. The Labute approximate surface area is 141 Å². The zero-order valence-corrected chi connectivity index (χ0v) is 14.7. The van der Waals surface area contributed by atoms with Crippen molar-refractivity contribution in [1.82, 2.24) is 14.9 Å². The average molecular weight is 334 g/mol. The maximum absolute atomic E-state index is 5.41. The molecule has 1 heterocycles. The number of aromatic amines is 1. The van der Waals surface area contributed by atoms with E-state index in [0.29, 0.717) is 22.2 Å². The maximum Gasteiger partial charge on any atom is 0.216 e. The van der Waals surface area contributed by atoms with E-state index < -0.39 is 0 Å². The van der Waals surface area contributed by atoms with Gasteiger partial charge in [-0.25, -0.2) is 0 Å². The lowest BCUT2D eigenvalue weighted by Gasteiger charge is -2.11. The Kier molecular flexibility index (Phi) is 5.92. The lowest BCUT2D eigenvalue weighted by atomic mass is 10.0. The molecule has 0 spiro atoms. The number of benzene rings is 1. The minimum absolute atomic E-state index is 0.312. The van der Waals surface area contributed by atoms with Crippen LogP contribution in [-0.4, -0.2) is 35.3 Å². The molecule has 2 aromatic rings. The van der Waals surface area contributed by atoms with Gasteiger partial charge in [-0.1, -0.05) is 19.9 Å². The van der Waals surface area contributed by atoms with Crippen molar-refractivity contribution >= 4 is 18.4 Å². The summed E-state index contributed by atoms with van der Waals surface area (Å²) >= 11 is 5.29. The number of rotatable bonds is 7. The van der Waals surface area contributed by atoms with Gasteiger partial charge in [0.25, 0.3) is 0 Å². The molecule has 2 rings (SSSR count). The molecular weight excluding hydrogens is 312 g/mol. The van der Waals surface area contributed by atoms with Crippen LogP contribution in [0, 0.1) is 4.77 Å². The third-order valence-electron chi connectivity index (χ3n) is 3.77. The smallest absolute Gasteiger partial charge is 0.216 e. The highest BCUT2D eigenvalue weighted by atomic mass is 32.1. The summed E-state index contributed by atoms with van der Waals surface area (Å²) in [6.07, 6.45) is 3.67. The van der Waals surface area contributed by atoms with Gasteiger partial charge in [0.15, 0.2) is 17.3 Å². The second kappa shape index (κ2) is 7.92. The second-order valence-electron chi connectivity index (χ2n) is 5.04. The number of aromatic nitrogens is 3. The van der Waals surface area contributed by atoms with E-state index in [4.69, 9.17) is 21.7 Å². The Bertz CT molecular complexity index is 732. The van der Waals surface area contributed by atoms with Crippen molar-refractivity contribution < 1.29 is 9.47 Å². The first kappa shape index (κ1) is 17.2. The Morgan fingerprint density at radius 2 is 2.04 bits per heavy atom. The fraction of sp³-hybridized carbons (Fsp3) is 0.438. The zero-order chi connectivity index (χ0) is 16.8. The van der Waals surface area contributed by atoms with Gasteiger partial charge < -0.3 is 9.47 Å². The molecule has 0 atom stereocenters. The molecule has 0 amide bonds. The van der Waals surface area contributed by atoms with Crippen LogP contribution in [0.4, 0.5) is 0 Å². The van der Waals surface area contributed by atoms with Gasteiger partial charge in [0.05, 0.1) is 20.4 Å². The van der Waals surface area contributed by atoms with Gasteiger partial charge in [-0.3, -0.25) is 5.10 Å². The highest BCUT2D eigenvalue weighted by Crippen LogP contribution is 2.29. The van der Waals surface area contributed by atoms with Gasteiger partial charge in [-0.2, -0.15) is 14.9 Å². The van der Waals surface area contributed by atoms with Crippen molar-refractivity contribution in [2.24, 2.45) is 5.10 Å². The van der Waals surface area contributed by atoms with E-state index in [1.165, 1.54) is 0 Å². The predicted molar refractivity (Wildman–Crippen MR) is 93.3 cm³/mol. The number of hydrogen-bond acceptors (Lipinski definition) is 5. The van der Waals surface area contributed by atoms with E-state index in [-0.39, 0.29) is 0 Å². The maximum atomic E-state index is 5.41. The third-order valence-corrected chi connectivity index (χ3v) is 4.04. The SMILES string of the molecule is CCC(CC)c1n[nH]c(=S)n1/N=C\c1cccc(OC)c1OC. The molecule has 0 bridgehead atoms. The first-order valence-electron chi connectivity index (χ1n) is 7.58. The summed E-state index contributed by atoms with van der Waals surface area (Å²) in [5, 5.41) is 11.6. The third kappa shape index (κ3) is 3.61. The Morgan fingerprint density at radius 1 is 1.30 bits per heavy atom. The molecule has 23 heavy (non-hydrogen) atoms. The fourth-order valence-corrected chi connectivity index (χ4v) is 2.65. The molecule has 7 heteroatoms. The summed E-state index contributed by atoms with van der Waals surface area (Å²) in [6, 6.07) is 5.64. The molecule has 1 N–H and O–H groups in total. The van der Waals surface area contributed by atoms with E-state index in [1.54, 1.807) is 25.1 Å². The standard InChI is InChI=1S/C16H22N4O2S/c1-5-11(6-2)15-18-19-16(23)20(15)17-10-12-8-7-9-13(21-3)14(12)22-4/h7-11H,5-6H2,1-4H3,(H,19,23)/b17-10-. The van der Waals surface area contributed by atoms with Crippen LogP contribution in [0.3, 0.4) is 0 Å². The largest absolute Gasteiger partial charge is 0.493 e. The highest BCUT2D eigenvalue weighted by Gasteiger charge is 2.15. The van der Waals surface area contributed by atoms with Crippen LogP contribution in [0.2, 0.25) is 0 Å². The summed E-state index contributed by atoms with van der Waals surface area (Å²) in [6.45, 7) is 4.26. The van der Waals surface area contributed by atoms with Gasteiger partial charge in [-0.15, -0.1) is 0 Å². The topological polar surface area (TPSA) is 64.4 Å². The second-order valence-corrected chi connectivity index (χ2v) is 5.43. The van der Waals surface area contributed by atoms with Crippen LogP contribution in [0.15, 0.2) is 23.3 Å². The van der Waals surface area contributed by atoms with Crippen LogP contribution >= 0.6 is 12.2 Å². The van der Waals surface area contributed by atoms with Crippen LogP contribution in [0.5, 0.6) is 11.5 Å². The van der Waals surface area contributed by atoms with Crippen molar-refractivity contribution in [2.45, 2.75) is 32.6 Å². The average Bonchev–Trinajstić information content (AvgIpc) is 2.94. The van der Waals surface area contributed by atoms with Crippen LogP contribution in [0.25, 0.3) is 0 Å². The molecule has 0 radical (unpaired) electrons. The number of para-hydroxylation sites is 1. The molecule has 124 valence electrons. The summed E-state index contributed by atoms with van der Waals surface area (Å²) in [4.78, 5) is 0. The van der Waals surface area contributed by atoms with Crippen LogP contribution in [0.1, 0.15) is 44.0 Å². The van der Waals surface area contributed by atoms with Gasteiger partial charge >= 0.3 is 0 Å². The summed E-state index contributed by atoms with van der Waals surface area (Å²) in [7, 11) is 3.21. The quantitative estimate of drug-likeness (QED) is 0.619. The molecule has 1 aromatic carbocycles. The normalized spacial score (nSPS) is 11.3. The summed E-state index contributed by atoms with van der Waals surface area (Å²) in [5.41, 5.74) is 0.811. The Balaban J connectivity index is 2.42. The predicted octanol–water partition coefficient (Wildman–Crippen LogP) is 3.74. The van der Waals surface area contributed by atoms with Crippen molar-refractivity contribution in [2.75, 3.05) is 14.2 Å². The van der Waals surface area contributed by atoms with Crippen molar-refractivity contribution in [3.05, 3.63) is 34.4 Å². The molecule has 0 aliphatic carbocycles. The van der Waals surface area contributed by atoms with Gasteiger partial charge in [-0.05, 0) is 37.2 Å². The number of H-pyrrole nitrogens is 1. The molecule has 0 aliphatic rings. The molecule has 0 unspecified atom stereocenters. The number of methoxy groups -OCH3 is 2. The molecule has 0 saturated heterocycles. The minimum Gasteiger partial charge on any atom is -0.493 e. The lowest BCUT2D eigenvalue weighted by Crippen LogP contribution is -2.05. The highest BCUT2D eigenvalue weighted by molar-refractivity contribution is 7.71. The van der Waals surface area contributed by atoms with E-state index in [9.17, 15) is 0 Å². The molecule has 1 aromatic heterocycles. The number of ether oxygens (including phenoxy) is 2. The van der Waals surface area contributed by atoms with Gasteiger partial charge in [0, 0.05) is 11.5 Å². The minimum atomic E-state index is 0.312. The van der Waals surface area contributed by atoms with Crippen LogP contribution in [-0.2, 0) is 0 Å².